The van der Waals surface area contributed by atoms with Crippen molar-refractivity contribution in [3.05, 3.63) is 106 Å². The van der Waals surface area contributed by atoms with Crippen LogP contribution >= 0.6 is 11.3 Å². The number of hydrogen-bond donors (Lipinski definition) is 1. The highest BCUT2D eigenvalue weighted by atomic mass is 32.1. The number of rotatable bonds is 9. The lowest BCUT2D eigenvalue weighted by molar-refractivity contribution is -0.132. The lowest BCUT2D eigenvalue weighted by Gasteiger charge is -2.23. The van der Waals surface area contributed by atoms with Crippen molar-refractivity contribution >= 4 is 39.9 Å². The maximum atomic E-state index is 13.6. The van der Waals surface area contributed by atoms with Crippen molar-refractivity contribution in [2.75, 3.05) is 18.6 Å². The molecule has 0 spiro atoms. The van der Waals surface area contributed by atoms with E-state index in [0.717, 1.165) is 17.8 Å². The van der Waals surface area contributed by atoms with E-state index in [1.54, 1.807) is 67.6 Å². The molecule has 1 fully saturated rings. The van der Waals surface area contributed by atoms with Crippen LogP contribution in [-0.2, 0) is 14.3 Å². The number of aliphatic hydroxyl groups is 1. The van der Waals surface area contributed by atoms with Crippen LogP contribution < -0.4 is 14.4 Å². The Morgan fingerprint density at radius 1 is 0.976 bits per heavy atom. The van der Waals surface area contributed by atoms with E-state index in [0.29, 0.717) is 40.7 Å². The Morgan fingerprint density at radius 3 is 2.43 bits per heavy atom. The lowest BCUT2D eigenvalue weighted by Crippen LogP contribution is -2.29. The van der Waals surface area contributed by atoms with Crippen molar-refractivity contribution in [3.63, 3.8) is 0 Å². The van der Waals surface area contributed by atoms with Gasteiger partial charge >= 0.3 is 11.9 Å². The van der Waals surface area contributed by atoms with Gasteiger partial charge in [-0.15, -0.1) is 0 Å². The second kappa shape index (κ2) is 12.3. The number of carbonyl (C=O) groups is 3. The van der Waals surface area contributed by atoms with E-state index in [2.05, 4.69) is 4.98 Å². The number of aromatic nitrogens is 1. The largest absolute Gasteiger partial charge is 0.507 e. The Hall–Kier alpha value is -4.96. The number of para-hydroxylation sites is 1. The van der Waals surface area contributed by atoms with Gasteiger partial charge in [0.15, 0.2) is 5.13 Å². The third-order valence-electron chi connectivity index (χ3n) is 6.54. The Balaban J connectivity index is 1.66. The summed E-state index contributed by atoms with van der Waals surface area (Å²) < 4.78 is 16.6. The first kappa shape index (κ1) is 28.6. The number of ether oxygens (including phenoxy) is 3. The highest BCUT2D eigenvalue weighted by Crippen LogP contribution is 2.45. The number of aliphatic hydroxyl groups excluding tert-OH is 1. The van der Waals surface area contributed by atoms with Gasteiger partial charge in [-0.05, 0) is 55.3 Å². The number of esters is 1. The number of nitrogens with zero attached hydrogens (tertiary/aromatic N) is 2. The van der Waals surface area contributed by atoms with E-state index in [4.69, 9.17) is 14.2 Å². The fourth-order valence-corrected chi connectivity index (χ4v) is 5.61. The van der Waals surface area contributed by atoms with Gasteiger partial charge < -0.3 is 19.3 Å². The summed E-state index contributed by atoms with van der Waals surface area (Å²) in [5.74, 6) is -1.16. The van der Waals surface area contributed by atoms with E-state index >= 15 is 0 Å². The molecule has 1 saturated heterocycles. The second-order valence-corrected chi connectivity index (χ2v) is 10.4. The van der Waals surface area contributed by atoms with Crippen molar-refractivity contribution in [1.82, 2.24) is 4.98 Å². The number of ketones is 1. The molecular weight excluding hydrogens is 556 g/mol. The first-order chi connectivity index (χ1) is 20.3. The standard InChI is InChI=1S/C32H28N2O7S/c1-4-16-40-23-14-9-11-21(18-23)27(35)25-26(20-10-8-15-24(17-20)41-22-12-6-5-7-13-22)34(30(37)28(25)36)32-33-19(2)29(42-32)31(38)39-3/h5-15,17-18,26,35H,4,16H2,1-3H3. The molecule has 0 saturated carbocycles. The minimum absolute atomic E-state index is 0.119. The zero-order valence-corrected chi connectivity index (χ0v) is 24.0. The van der Waals surface area contributed by atoms with Gasteiger partial charge in [0.05, 0.1) is 31.0 Å². The first-order valence-corrected chi connectivity index (χ1v) is 14.1. The molecule has 3 aromatic carbocycles. The number of amides is 1. The molecule has 42 heavy (non-hydrogen) atoms. The van der Waals surface area contributed by atoms with E-state index < -0.39 is 23.7 Å². The quantitative estimate of drug-likeness (QED) is 0.103. The Morgan fingerprint density at radius 2 is 1.69 bits per heavy atom. The van der Waals surface area contributed by atoms with Gasteiger partial charge in [0.25, 0.3) is 5.78 Å². The molecule has 1 N–H and O–H groups in total. The maximum absolute atomic E-state index is 13.6. The first-order valence-electron chi connectivity index (χ1n) is 13.2. The summed E-state index contributed by atoms with van der Waals surface area (Å²) in [7, 11) is 1.25. The van der Waals surface area contributed by atoms with Gasteiger partial charge in [0.1, 0.15) is 27.9 Å². The van der Waals surface area contributed by atoms with Crippen LogP contribution in [0.5, 0.6) is 17.2 Å². The molecule has 0 bridgehead atoms. The summed E-state index contributed by atoms with van der Waals surface area (Å²) in [6, 6.07) is 21.7. The molecule has 1 aromatic heterocycles. The monoisotopic (exact) mass is 584 g/mol. The summed E-state index contributed by atoms with van der Waals surface area (Å²) in [5, 5.41) is 11.7. The van der Waals surface area contributed by atoms with Crippen LogP contribution in [0.2, 0.25) is 0 Å². The van der Waals surface area contributed by atoms with Crippen LogP contribution in [0.15, 0.2) is 84.4 Å². The number of anilines is 1. The van der Waals surface area contributed by atoms with Crippen molar-refractivity contribution in [1.29, 1.82) is 0 Å². The molecule has 214 valence electrons. The number of hydrogen-bond acceptors (Lipinski definition) is 9. The third-order valence-corrected chi connectivity index (χ3v) is 7.68. The van der Waals surface area contributed by atoms with Crippen molar-refractivity contribution in [2.24, 2.45) is 0 Å². The average molecular weight is 585 g/mol. The Kier molecular flexibility index (Phi) is 8.35. The van der Waals surface area contributed by atoms with Crippen LogP contribution in [-0.4, -0.2) is 41.5 Å². The molecule has 4 aromatic rings. The highest BCUT2D eigenvalue weighted by molar-refractivity contribution is 7.17. The predicted molar refractivity (Wildman–Crippen MR) is 158 cm³/mol. The molecule has 0 radical (unpaired) electrons. The van der Waals surface area contributed by atoms with Crippen LogP contribution in [0, 0.1) is 6.92 Å². The molecule has 0 aliphatic carbocycles. The number of Topliss-reactive ketones (excluding diaryl/α,β-unsaturated/α-hetero) is 1. The molecule has 1 unspecified atom stereocenters. The summed E-state index contributed by atoms with van der Waals surface area (Å²) in [6.45, 7) is 4.08. The highest BCUT2D eigenvalue weighted by Gasteiger charge is 2.48. The van der Waals surface area contributed by atoms with Gasteiger partial charge in [0.2, 0.25) is 0 Å². The summed E-state index contributed by atoms with van der Waals surface area (Å²) in [4.78, 5) is 45.4. The molecular formula is C32H28N2O7S. The maximum Gasteiger partial charge on any atom is 0.350 e. The number of benzene rings is 3. The number of aryl methyl sites for hydroxylation is 1. The normalized spacial score (nSPS) is 16.0. The zero-order valence-electron chi connectivity index (χ0n) is 23.2. The lowest BCUT2D eigenvalue weighted by atomic mass is 9.95. The zero-order chi connectivity index (χ0) is 29.8. The van der Waals surface area contributed by atoms with Gasteiger partial charge in [-0.3, -0.25) is 14.5 Å². The smallest absolute Gasteiger partial charge is 0.350 e. The third kappa shape index (κ3) is 5.61. The molecule has 1 aliphatic rings. The molecule has 5 rings (SSSR count). The van der Waals surface area contributed by atoms with Crippen molar-refractivity contribution < 1.29 is 33.7 Å². The molecule has 1 aliphatic heterocycles. The van der Waals surface area contributed by atoms with E-state index in [1.807, 2.05) is 25.1 Å². The fraction of sp³-hybridized carbons (Fsp3) is 0.188. The van der Waals surface area contributed by atoms with E-state index in [9.17, 15) is 19.5 Å². The van der Waals surface area contributed by atoms with Gasteiger partial charge in [-0.2, -0.15) is 0 Å². The molecule has 1 atom stereocenters. The summed E-state index contributed by atoms with van der Waals surface area (Å²) in [6.07, 6.45) is 0.795. The Bertz CT molecular complexity index is 1680. The predicted octanol–water partition coefficient (Wildman–Crippen LogP) is 6.45. The topological polar surface area (TPSA) is 115 Å². The van der Waals surface area contributed by atoms with E-state index in [1.165, 1.54) is 12.0 Å². The van der Waals surface area contributed by atoms with Gasteiger partial charge in [-0.25, -0.2) is 9.78 Å². The average Bonchev–Trinajstić information content (AvgIpc) is 3.52. The molecule has 2 heterocycles. The SMILES string of the molecule is CCCOc1cccc(C(O)=C2C(=O)C(=O)N(c3nc(C)c(C(=O)OC)s3)C2c2cccc(Oc3ccccc3)c2)c1. The second-order valence-electron chi connectivity index (χ2n) is 9.44. The van der Waals surface area contributed by atoms with Gasteiger partial charge in [-0.1, -0.05) is 60.7 Å². The number of carbonyl (C=O) groups excluding carboxylic acids is 3. The van der Waals surface area contributed by atoms with Crippen LogP contribution in [0.25, 0.3) is 5.76 Å². The van der Waals surface area contributed by atoms with Crippen LogP contribution in [0.3, 0.4) is 0 Å². The van der Waals surface area contributed by atoms with Crippen LogP contribution in [0.4, 0.5) is 5.13 Å². The van der Waals surface area contributed by atoms with Crippen molar-refractivity contribution in [3.8, 4) is 17.2 Å². The molecule has 1 amide bonds. The van der Waals surface area contributed by atoms with E-state index in [-0.39, 0.29) is 21.3 Å². The summed E-state index contributed by atoms with van der Waals surface area (Å²) in [5.41, 5.74) is 1.03. The minimum atomic E-state index is -1.07. The summed E-state index contributed by atoms with van der Waals surface area (Å²) >= 11 is 0.933. The number of thiazole rings is 1. The van der Waals surface area contributed by atoms with Crippen LogP contribution in [0.1, 0.15) is 45.9 Å². The Labute approximate surface area is 246 Å². The minimum Gasteiger partial charge on any atom is -0.507 e. The molecule has 10 heteroatoms. The fourth-order valence-electron chi connectivity index (χ4n) is 4.59. The molecule has 9 nitrogen and oxygen atoms in total. The van der Waals surface area contributed by atoms with Gasteiger partial charge in [0, 0.05) is 5.56 Å². The van der Waals surface area contributed by atoms with Crippen molar-refractivity contribution in [2.45, 2.75) is 26.3 Å². The number of methoxy groups -OCH3 is 1.